The number of aromatic nitrogens is 1. The lowest BCUT2D eigenvalue weighted by Gasteiger charge is -2.34. The van der Waals surface area contributed by atoms with Gasteiger partial charge in [-0.3, -0.25) is 0 Å². The highest BCUT2D eigenvalue weighted by Crippen LogP contribution is 2.36. The lowest BCUT2D eigenvalue weighted by Crippen LogP contribution is -2.29. The van der Waals surface area contributed by atoms with Gasteiger partial charge in [0.15, 0.2) is 0 Å². The quantitative estimate of drug-likeness (QED) is 0.881. The molecule has 2 rings (SSSR count). The van der Waals surface area contributed by atoms with Crippen LogP contribution in [0.2, 0.25) is 0 Å². The van der Waals surface area contributed by atoms with Crippen molar-refractivity contribution in [1.82, 2.24) is 10.3 Å². The van der Waals surface area contributed by atoms with Gasteiger partial charge in [-0.2, -0.15) is 0 Å². The van der Waals surface area contributed by atoms with Crippen molar-refractivity contribution in [2.24, 2.45) is 5.41 Å². The monoisotopic (exact) mass is 262 g/mol. The first-order chi connectivity index (χ1) is 9.11. The van der Waals surface area contributed by atoms with E-state index in [2.05, 4.69) is 37.1 Å². The molecule has 0 amide bonds. The fourth-order valence-corrected chi connectivity index (χ4v) is 2.57. The number of pyridine rings is 1. The van der Waals surface area contributed by atoms with E-state index in [4.69, 9.17) is 4.74 Å². The van der Waals surface area contributed by atoms with Crippen molar-refractivity contribution < 1.29 is 4.74 Å². The van der Waals surface area contributed by atoms with Gasteiger partial charge in [0, 0.05) is 18.3 Å². The van der Waals surface area contributed by atoms with Gasteiger partial charge >= 0.3 is 0 Å². The van der Waals surface area contributed by atoms with Gasteiger partial charge in [0.1, 0.15) is 6.10 Å². The molecule has 3 heteroatoms. The highest BCUT2D eigenvalue weighted by atomic mass is 16.5. The number of nitrogens with one attached hydrogen (secondary N) is 1. The van der Waals surface area contributed by atoms with Crippen LogP contribution in [-0.2, 0) is 6.54 Å². The molecule has 0 radical (unpaired) electrons. The van der Waals surface area contributed by atoms with Crippen LogP contribution in [-0.4, -0.2) is 17.6 Å². The van der Waals surface area contributed by atoms with Crippen LogP contribution in [0.3, 0.4) is 0 Å². The molecule has 19 heavy (non-hydrogen) atoms. The Kier molecular flexibility index (Phi) is 4.81. The van der Waals surface area contributed by atoms with E-state index < -0.39 is 0 Å². The fraction of sp³-hybridized carbons (Fsp3) is 0.688. The third-order valence-corrected chi connectivity index (χ3v) is 3.98. The Hall–Kier alpha value is -1.09. The highest BCUT2D eigenvalue weighted by Gasteiger charge is 2.28. The van der Waals surface area contributed by atoms with Crippen LogP contribution in [0.25, 0.3) is 0 Å². The maximum absolute atomic E-state index is 6.13. The number of hydrogen-bond acceptors (Lipinski definition) is 3. The molecule has 0 saturated heterocycles. The Bertz CT molecular complexity index is 393. The van der Waals surface area contributed by atoms with Gasteiger partial charge in [-0.15, -0.1) is 0 Å². The van der Waals surface area contributed by atoms with Gasteiger partial charge in [-0.1, -0.05) is 26.8 Å². The molecule has 1 aromatic rings. The number of ether oxygens (including phenoxy) is 1. The summed E-state index contributed by atoms with van der Waals surface area (Å²) in [4.78, 5) is 4.40. The summed E-state index contributed by atoms with van der Waals surface area (Å²) >= 11 is 0. The van der Waals surface area contributed by atoms with Crippen LogP contribution in [0.4, 0.5) is 0 Å². The molecule has 0 unspecified atom stereocenters. The van der Waals surface area contributed by atoms with Crippen molar-refractivity contribution >= 4 is 0 Å². The second-order valence-corrected chi connectivity index (χ2v) is 6.23. The Balaban J connectivity index is 1.95. The molecule has 1 saturated carbocycles. The van der Waals surface area contributed by atoms with E-state index in [0.29, 0.717) is 11.5 Å². The number of hydrogen-bond donors (Lipinski definition) is 1. The summed E-state index contributed by atoms with van der Waals surface area (Å²) in [6.45, 7) is 8.60. The largest absolute Gasteiger partial charge is 0.474 e. The maximum atomic E-state index is 6.13. The van der Waals surface area contributed by atoms with E-state index in [0.717, 1.165) is 37.4 Å². The molecule has 1 aromatic heterocycles. The zero-order valence-electron chi connectivity index (χ0n) is 12.4. The third-order valence-electron chi connectivity index (χ3n) is 3.98. The van der Waals surface area contributed by atoms with Crippen molar-refractivity contribution in [2.45, 2.75) is 59.1 Å². The molecule has 1 aliphatic rings. The summed E-state index contributed by atoms with van der Waals surface area (Å²) in [6.07, 6.45) is 6.93. The molecule has 1 fully saturated rings. The predicted octanol–water partition coefficient (Wildman–Crippen LogP) is 3.54. The molecule has 1 heterocycles. The van der Waals surface area contributed by atoms with Crippen LogP contribution in [0.1, 0.15) is 52.0 Å². The van der Waals surface area contributed by atoms with Gasteiger partial charge in [-0.25, -0.2) is 4.98 Å². The van der Waals surface area contributed by atoms with E-state index in [1.54, 1.807) is 0 Å². The van der Waals surface area contributed by atoms with Crippen LogP contribution in [0.15, 0.2) is 18.3 Å². The second-order valence-electron chi connectivity index (χ2n) is 6.23. The van der Waals surface area contributed by atoms with Crippen LogP contribution >= 0.6 is 0 Å². The summed E-state index contributed by atoms with van der Waals surface area (Å²) in [5.74, 6) is 0.813. The summed E-state index contributed by atoms with van der Waals surface area (Å²) < 4.78 is 6.13. The molecular formula is C16H26N2O. The van der Waals surface area contributed by atoms with Gasteiger partial charge in [0.2, 0.25) is 5.88 Å². The zero-order valence-corrected chi connectivity index (χ0v) is 12.4. The summed E-state index contributed by atoms with van der Waals surface area (Å²) in [5, 5.41) is 3.34. The minimum absolute atomic E-state index is 0.336. The van der Waals surface area contributed by atoms with Crippen LogP contribution in [0, 0.1) is 5.41 Å². The summed E-state index contributed by atoms with van der Waals surface area (Å²) in [7, 11) is 0. The van der Waals surface area contributed by atoms with Gasteiger partial charge in [0.05, 0.1) is 0 Å². The van der Waals surface area contributed by atoms with Crippen molar-refractivity contribution in [3.63, 3.8) is 0 Å². The minimum Gasteiger partial charge on any atom is -0.474 e. The van der Waals surface area contributed by atoms with E-state index in [1.807, 2.05) is 12.3 Å². The average Bonchev–Trinajstić information content (AvgIpc) is 2.40. The molecule has 0 aromatic carbocycles. The van der Waals surface area contributed by atoms with Crippen molar-refractivity contribution in [3.8, 4) is 5.88 Å². The first-order valence-electron chi connectivity index (χ1n) is 7.42. The standard InChI is InChI=1S/C16H26N2O/c1-4-17-12-13-6-5-11-18-15(13)19-14-7-9-16(2,3)10-8-14/h5-6,11,14,17H,4,7-10,12H2,1-3H3. The summed E-state index contributed by atoms with van der Waals surface area (Å²) in [5.41, 5.74) is 1.64. The van der Waals surface area contributed by atoms with E-state index in [-0.39, 0.29) is 0 Å². The Labute approximate surface area is 116 Å². The average molecular weight is 262 g/mol. The normalized spacial score (nSPS) is 19.3. The number of nitrogens with zero attached hydrogens (tertiary/aromatic N) is 1. The zero-order chi connectivity index (χ0) is 13.7. The maximum Gasteiger partial charge on any atom is 0.218 e. The smallest absolute Gasteiger partial charge is 0.218 e. The fourth-order valence-electron chi connectivity index (χ4n) is 2.57. The topological polar surface area (TPSA) is 34.2 Å². The van der Waals surface area contributed by atoms with E-state index >= 15 is 0 Å². The Morgan fingerprint density at radius 1 is 1.37 bits per heavy atom. The first-order valence-corrected chi connectivity index (χ1v) is 7.42. The molecule has 0 aliphatic heterocycles. The molecule has 3 nitrogen and oxygen atoms in total. The highest BCUT2D eigenvalue weighted by molar-refractivity contribution is 5.25. The van der Waals surface area contributed by atoms with E-state index in [1.165, 1.54) is 12.8 Å². The lowest BCUT2D eigenvalue weighted by atomic mass is 9.76. The molecule has 1 N–H and O–H groups in total. The first kappa shape index (κ1) is 14.3. The predicted molar refractivity (Wildman–Crippen MR) is 78.3 cm³/mol. The van der Waals surface area contributed by atoms with Crippen LogP contribution < -0.4 is 10.1 Å². The molecule has 106 valence electrons. The number of rotatable bonds is 5. The van der Waals surface area contributed by atoms with Crippen LogP contribution in [0.5, 0.6) is 5.88 Å². The van der Waals surface area contributed by atoms with Gasteiger partial charge in [0.25, 0.3) is 0 Å². The third kappa shape index (κ3) is 4.20. The second kappa shape index (κ2) is 6.38. The van der Waals surface area contributed by atoms with Gasteiger partial charge in [-0.05, 0) is 43.7 Å². The lowest BCUT2D eigenvalue weighted by molar-refractivity contribution is 0.0939. The Morgan fingerprint density at radius 2 is 2.11 bits per heavy atom. The molecule has 0 bridgehead atoms. The Morgan fingerprint density at radius 3 is 2.79 bits per heavy atom. The molecule has 0 atom stereocenters. The van der Waals surface area contributed by atoms with E-state index in [9.17, 15) is 0 Å². The molecular weight excluding hydrogens is 236 g/mol. The molecule has 0 spiro atoms. The van der Waals surface area contributed by atoms with Crippen molar-refractivity contribution in [1.29, 1.82) is 0 Å². The van der Waals surface area contributed by atoms with Crippen molar-refractivity contribution in [3.05, 3.63) is 23.9 Å². The molecule has 1 aliphatic carbocycles. The van der Waals surface area contributed by atoms with Crippen molar-refractivity contribution in [2.75, 3.05) is 6.54 Å². The minimum atomic E-state index is 0.336. The van der Waals surface area contributed by atoms with Gasteiger partial charge < -0.3 is 10.1 Å². The summed E-state index contributed by atoms with van der Waals surface area (Å²) in [6, 6.07) is 4.07. The SMILES string of the molecule is CCNCc1cccnc1OC1CCC(C)(C)CC1.